The second-order valence-electron chi connectivity index (χ2n) is 7.28. The molecule has 0 bridgehead atoms. The normalized spacial score (nSPS) is 15.7. The molecule has 1 aliphatic heterocycles. The summed E-state index contributed by atoms with van der Waals surface area (Å²) in [5.74, 6) is 1.10. The fourth-order valence-corrected chi connectivity index (χ4v) is 3.87. The predicted octanol–water partition coefficient (Wildman–Crippen LogP) is 3.04. The highest BCUT2D eigenvalue weighted by Gasteiger charge is 2.22. The molecule has 4 rings (SSSR count). The Kier molecular flexibility index (Phi) is 4.64. The van der Waals surface area contributed by atoms with E-state index in [0.717, 1.165) is 50.6 Å². The molecule has 0 atom stereocenters. The Hall–Kier alpha value is -2.40. The fourth-order valence-electron chi connectivity index (χ4n) is 3.87. The van der Waals surface area contributed by atoms with Crippen LogP contribution in [-0.4, -0.2) is 52.7 Å². The maximum Gasteiger partial charge on any atom is 0.145 e. The van der Waals surface area contributed by atoms with Gasteiger partial charge in [0.25, 0.3) is 0 Å². The molecular formula is C21H27N5. The first kappa shape index (κ1) is 17.0. The molecule has 5 nitrogen and oxygen atoms in total. The maximum absolute atomic E-state index is 4.67. The van der Waals surface area contributed by atoms with Gasteiger partial charge in [0.15, 0.2) is 0 Å². The van der Waals surface area contributed by atoms with Gasteiger partial charge >= 0.3 is 0 Å². The van der Waals surface area contributed by atoms with E-state index in [4.69, 9.17) is 0 Å². The minimum atomic E-state index is 0.944. The number of aryl methyl sites for hydroxylation is 3. The number of anilines is 1. The minimum absolute atomic E-state index is 0.944. The summed E-state index contributed by atoms with van der Waals surface area (Å²) in [6.07, 6.45) is 2.74. The minimum Gasteiger partial charge on any atom is -0.353 e. The lowest BCUT2D eigenvalue weighted by Crippen LogP contribution is -2.44. The summed E-state index contributed by atoms with van der Waals surface area (Å²) < 4.78 is 2.36. The molecule has 136 valence electrons. The summed E-state index contributed by atoms with van der Waals surface area (Å²) in [5.41, 5.74) is 5.04. The molecule has 1 aromatic carbocycles. The third-order valence-corrected chi connectivity index (χ3v) is 5.66. The number of benzene rings is 1. The Bertz CT molecular complexity index is 892. The molecule has 0 amide bonds. The molecule has 0 N–H and O–H groups in total. The Morgan fingerprint density at radius 3 is 2.42 bits per heavy atom. The van der Waals surface area contributed by atoms with Crippen LogP contribution in [0.1, 0.15) is 16.8 Å². The van der Waals surface area contributed by atoms with E-state index in [9.17, 15) is 0 Å². The predicted molar refractivity (Wildman–Crippen MR) is 107 cm³/mol. The lowest BCUT2D eigenvalue weighted by Gasteiger charge is -2.33. The Morgan fingerprint density at radius 2 is 1.69 bits per heavy atom. The van der Waals surface area contributed by atoms with Crippen LogP contribution in [0.5, 0.6) is 0 Å². The van der Waals surface area contributed by atoms with Crippen LogP contribution in [-0.2, 0) is 13.0 Å². The first-order valence-corrected chi connectivity index (χ1v) is 9.43. The van der Waals surface area contributed by atoms with Crippen molar-refractivity contribution in [2.24, 2.45) is 0 Å². The quantitative estimate of drug-likeness (QED) is 0.725. The van der Waals surface area contributed by atoms with Crippen molar-refractivity contribution >= 4 is 16.9 Å². The van der Waals surface area contributed by atoms with E-state index in [1.54, 1.807) is 6.33 Å². The van der Waals surface area contributed by atoms with Crippen LogP contribution >= 0.6 is 0 Å². The lowest BCUT2D eigenvalue weighted by molar-refractivity contribution is 0.312. The highest BCUT2D eigenvalue weighted by molar-refractivity contribution is 5.92. The third kappa shape index (κ3) is 3.07. The average molecular weight is 349 g/mol. The zero-order chi connectivity index (χ0) is 18.1. The van der Waals surface area contributed by atoms with Gasteiger partial charge in [-0.1, -0.05) is 30.3 Å². The van der Waals surface area contributed by atoms with E-state index in [0.29, 0.717) is 0 Å². The maximum atomic E-state index is 4.67. The standard InChI is InChI=1S/C21H27N5/c1-16-17(2)26(10-9-18-7-5-4-6-8-18)21-19(16)20(22-15-23-21)25-13-11-24(3)12-14-25/h4-8,15H,9-14H2,1-3H3. The molecule has 1 fully saturated rings. The number of hydrogen-bond donors (Lipinski definition) is 0. The van der Waals surface area contributed by atoms with Gasteiger partial charge in [-0.25, -0.2) is 9.97 Å². The summed E-state index contributed by atoms with van der Waals surface area (Å²) in [5, 5.41) is 1.22. The largest absolute Gasteiger partial charge is 0.353 e. The fraction of sp³-hybridized carbons (Fsp3) is 0.429. The highest BCUT2D eigenvalue weighted by Crippen LogP contribution is 2.31. The smallest absolute Gasteiger partial charge is 0.145 e. The number of hydrogen-bond acceptors (Lipinski definition) is 4. The Balaban J connectivity index is 1.69. The van der Waals surface area contributed by atoms with Crippen molar-refractivity contribution in [3.8, 4) is 0 Å². The molecule has 0 saturated carbocycles. The molecule has 5 heteroatoms. The average Bonchev–Trinajstić information content (AvgIpc) is 2.92. The second kappa shape index (κ2) is 7.08. The molecule has 3 heterocycles. The monoisotopic (exact) mass is 349 g/mol. The van der Waals surface area contributed by atoms with Crippen molar-refractivity contribution in [1.82, 2.24) is 19.4 Å². The van der Waals surface area contributed by atoms with Gasteiger partial charge in [0.05, 0.1) is 5.39 Å². The molecule has 1 aliphatic rings. The molecule has 26 heavy (non-hydrogen) atoms. The van der Waals surface area contributed by atoms with Crippen molar-refractivity contribution in [1.29, 1.82) is 0 Å². The molecule has 2 aromatic heterocycles. The van der Waals surface area contributed by atoms with Gasteiger partial charge in [0.1, 0.15) is 17.8 Å². The van der Waals surface area contributed by atoms with Crippen molar-refractivity contribution in [3.63, 3.8) is 0 Å². The van der Waals surface area contributed by atoms with Gasteiger partial charge in [-0.05, 0) is 38.4 Å². The number of aromatic nitrogens is 3. The zero-order valence-electron chi connectivity index (χ0n) is 15.9. The van der Waals surface area contributed by atoms with Crippen LogP contribution in [0.15, 0.2) is 36.7 Å². The van der Waals surface area contributed by atoms with E-state index in [1.807, 2.05) is 0 Å². The molecule has 0 radical (unpaired) electrons. The summed E-state index contributed by atoms with van der Waals surface area (Å²) in [6, 6.07) is 10.7. The Labute approximate surface area is 155 Å². The van der Waals surface area contributed by atoms with Crippen molar-refractivity contribution in [2.45, 2.75) is 26.8 Å². The van der Waals surface area contributed by atoms with Gasteiger partial charge in [-0.15, -0.1) is 0 Å². The van der Waals surface area contributed by atoms with E-state index in [-0.39, 0.29) is 0 Å². The van der Waals surface area contributed by atoms with E-state index >= 15 is 0 Å². The van der Waals surface area contributed by atoms with Gasteiger partial charge in [0, 0.05) is 38.4 Å². The molecular weight excluding hydrogens is 322 g/mol. The van der Waals surface area contributed by atoms with Crippen LogP contribution in [0.2, 0.25) is 0 Å². The molecule has 1 saturated heterocycles. The number of piperazine rings is 1. The summed E-state index contributed by atoms with van der Waals surface area (Å²) in [7, 11) is 2.18. The molecule has 3 aromatic rings. The van der Waals surface area contributed by atoms with E-state index < -0.39 is 0 Å². The number of rotatable bonds is 4. The van der Waals surface area contributed by atoms with Crippen LogP contribution in [0.4, 0.5) is 5.82 Å². The SMILES string of the molecule is Cc1c(C)n(CCc2ccccc2)c2ncnc(N3CCN(C)CC3)c12. The number of fused-ring (bicyclic) bond motifs is 1. The Morgan fingerprint density at radius 1 is 0.962 bits per heavy atom. The van der Waals surface area contributed by atoms with Gasteiger partial charge < -0.3 is 14.4 Å². The van der Waals surface area contributed by atoms with Crippen LogP contribution in [0, 0.1) is 13.8 Å². The summed E-state index contributed by atoms with van der Waals surface area (Å²) >= 11 is 0. The molecule has 0 aliphatic carbocycles. The number of likely N-dealkylation sites (N-methyl/N-ethyl adjacent to an activating group) is 1. The van der Waals surface area contributed by atoms with Gasteiger partial charge in [0.2, 0.25) is 0 Å². The first-order valence-electron chi connectivity index (χ1n) is 9.43. The second-order valence-corrected chi connectivity index (χ2v) is 7.28. The summed E-state index contributed by atoms with van der Waals surface area (Å²) in [6.45, 7) is 9.57. The highest BCUT2D eigenvalue weighted by atomic mass is 15.3. The molecule has 0 spiro atoms. The van der Waals surface area contributed by atoms with Crippen LogP contribution in [0.3, 0.4) is 0 Å². The van der Waals surface area contributed by atoms with Gasteiger partial charge in [-0.3, -0.25) is 0 Å². The van der Waals surface area contributed by atoms with E-state index in [2.05, 4.69) is 75.6 Å². The lowest BCUT2D eigenvalue weighted by atomic mass is 10.1. The van der Waals surface area contributed by atoms with E-state index in [1.165, 1.54) is 22.2 Å². The first-order chi connectivity index (χ1) is 12.6. The van der Waals surface area contributed by atoms with Crippen molar-refractivity contribution in [3.05, 3.63) is 53.5 Å². The van der Waals surface area contributed by atoms with Gasteiger partial charge in [-0.2, -0.15) is 0 Å². The van der Waals surface area contributed by atoms with Crippen LogP contribution < -0.4 is 4.90 Å². The van der Waals surface area contributed by atoms with Crippen LogP contribution in [0.25, 0.3) is 11.0 Å². The van der Waals surface area contributed by atoms with Crippen molar-refractivity contribution < 1.29 is 0 Å². The topological polar surface area (TPSA) is 37.2 Å². The summed E-state index contributed by atoms with van der Waals surface area (Å²) in [4.78, 5) is 14.1. The third-order valence-electron chi connectivity index (χ3n) is 5.66. The zero-order valence-corrected chi connectivity index (χ0v) is 15.9. The molecule has 0 unspecified atom stereocenters. The number of nitrogens with zero attached hydrogens (tertiary/aromatic N) is 5. The van der Waals surface area contributed by atoms with Crippen molar-refractivity contribution in [2.75, 3.05) is 38.1 Å².